The van der Waals surface area contributed by atoms with Gasteiger partial charge in [-0.05, 0) is 24.3 Å². The Balaban J connectivity index is 2.29. The Labute approximate surface area is 141 Å². The molecule has 0 saturated carbocycles. The van der Waals surface area contributed by atoms with Crippen LogP contribution < -0.4 is 5.43 Å². The second-order valence-corrected chi connectivity index (χ2v) is 5.50. The monoisotopic (exact) mass is 346 g/mol. The Kier molecular flexibility index (Phi) is 4.31. The number of hydrogen-bond acceptors (Lipinski definition) is 4. The van der Waals surface area contributed by atoms with Crippen molar-refractivity contribution in [2.24, 2.45) is 0 Å². The molecule has 1 aromatic carbocycles. The molecule has 0 N–H and O–H groups in total. The van der Waals surface area contributed by atoms with Gasteiger partial charge in [-0.1, -0.05) is 17.7 Å². The van der Waals surface area contributed by atoms with E-state index in [-0.39, 0.29) is 22.5 Å². The number of nitrogens with zero attached hydrogens (tertiary/aromatic N) is 2. The number of aromatic nitrogens is 2. The van der Waals surface area contributed by atoms with Crippen molar-refractivity contribution < 1.29 is 13.9 Å². The lowest BCUT2D eigenvalue weighted by molar-refractivity contribution is 0.0598. The zero-order chi connectivity index (χ0) is 17.3. The van der Waals surface area contributed by atoms with Crippen molar-refractivity contribution in [1.29, 1.82) is 0 Å². The maximum atomic E-state index is 13.8. The summed E-state index contributed by atoms with van der Waals surface area (Å²) < 4.78 is 20.1. The minimum atomic E-state index is -0.785. The number of esters is 1. The van der Waals surface area contributed by atoms with Gasteiger partial charge in [-0.25, -0.2) is 9.18 Å². The molecule has 0 unspecified atom stereocenters. The Morgan fingerprint density at radius 3 is 2.83 bits per heavy atom. The Hall–Kier alpha value is -2.73. The first-order chi connectivity index (χ1) is 11.5. The summed E-state index contributed by atoms with van der Waals surface area (Å²) in [5.74, 6) is -1.51. The summed E-state index contributed by atoms with van der Waals surface area (Å²) in [5.41, 5.74) is 0.329. The number of carbonyl (C=O) groups is 1. The molecule has 3 rings (SSSR count). The molecule has 0 amide bonds. The molecule has 0 bridgehead atoms. The van der Waals surface area contributed by atoms with Crippen LogP contribution in [0.4, 0.5) is 4.39 Å². The fraction of sp³-hybridized carbons (Fsp3) is 0.118. The summed E-state index contributed by atoms with van der Waals surface area (Å²) in [5, 5.41) is -0.0572. The molecule has 0 saturated heterocycles. The van der Waals surface area contributed by atoms with Crippen molar-refractivity contribution in [3.8, 4) is 0 Å². The first-order valence-electron chi connectivity index (χ1n) is 7.01. The average Bonchev–Trinajstić information content (AvgIpc) is 2.59. The third kappa shape index (κ3) is 2.88. The van der Waals surface area contributed by atoms with E-state index in [1.807, 2.05) is 6.07 Å². The van der Waals surface area contributed by atoms with E-state index in [9.17, 15) is 14.0 Å². The first-order valence-corrected chi connectivity index (χ1v) is 7.39. The van der Waals surface area contributed by atoms with Gasteiger partial charge in [0.15, 0.2) is 0 Å². The molecule has 5 nitrogen and oxygen atoms in total. The standard InChI is InChI=1S/C17H12ClFN2O3/c1-24-17(23)12-9-21(8-10-4-2-3-5-20-10)15-7-13(18)14(19)6-11(15)16(12)22/h2-7,9H,8H2,1H3. The van der Waals surface area contributed by atoms with Crippen molar-refractivity contribution in [1.82, 2.24) is 9.55 Å². The van der Waals surface area contributed by atoms with Crippen molar-refractivity contribution in [3.63, 3.8) is 0 Å². The van der Waals surface area contributed by atoms with Crippen LogP contribution >= 0.6 is 11.6 Å². The highest BCUT2D eigenvalue weighted by atomic mass is 35.5. The van der Waals surface area contributed by atoms with Gasteiger partial charge in [0.2, 0.25) is 5.43 Å². The summed E-state index contributed by atoms with van der Waals surface area (Å²) in [6, 6.07) is 7.78. The van der Waals surface area contributed by atoms with Crippen LogP contribution in [0.1, 0.15) is 16.1 Å². The van der Waals surface area contributed by atoms with Crippen LogP contribution in [0.3, 0.4) is 0 Å². The zero-order valence-electron chi connectivity index (χ0n) is 12.6. The van der Waals surface area contributed by atoms with Crippen LogP contribution in [0.15, 0.2) is 47.5 Å². The maximum Gasteiger partial charge on any atom is 0.343 e. The molecule has 3 aromatic rings. The molecule has 0 aliphatic heterocycles. The molecule has 0 fully saturated rings. The van der Waals surface area contributed by atoms with Gasteiger partial charge in [0.1, 0.15) is 11.4 Å². The second-order valence-electron chi connectivity index (χ2n) is 5.10. The van der Waals surface area contributed by atoms with E-state index < -0.39 is 17.2 Å². The fourth-order valence-corrected chi connectivity index (χ4v) is 2.60. The molecule has 0 radical (unpaired) electrons. The van der Waals surface area contributed by atoms with Gasteiger partial charge in [0, 0.05) is 17.8 Å². The maximum absolute atomic E-state index is 13.8. The molecule has 0 aliphatic rings. The molecule has 7 heteroatoms. The largest absolute Gasteiger partial charge is 0.465 e. The van der Waals surface area contributed by atoms with E-state index in [1.54, 1.807) is 22.9 Å². The van der Waals surface area contributed by atoms with Gasteiger partial charge in [0.25, 0.3) is 0 Å². The Morgan fingerprint density at radius 1 is 1.38 bits per heavy atom. The summed E-state index contributed by atoms with van der Waals surface area (Å²) in [7, 11) is 1.18. The van der Waals surface area contributed by atoms with E-state index in [4.69, 9.17) is 11.6 Å². The number of methoxy groups -OCH3 is 1. The van der Waals surface area contributed by atoms with Crippen molar-refractivity contribution >= 4 is 28.5 Å². The average molecular weight is 347 g/mol. The third-order valence-electron chi connectivity index (χ3n) is 3.59. The molecule has 24 heavy (non-hydrogen) atoms. The molecule has 0 aliphatic carbocycles. The molecule has 122 valence electrons. The summed E-state index contributed by atoms with van der Waals surface area (Å²) in [6.07, 6.45) is 3.01. The Bertz CT molecular complexity index is 987. The summed E-state index contributed by atoms with van der Waals surface area (Å²) >= 11 is 5.85. The number of ether oxygens (including phenoxy) is 1. The van der Waals surface area contributed by atoms with Gasteiger partial charge in [0.05, 0.1) is 29.9 Å². The summed E-state index contributed by atoms with van der Waals surface area (Å²) in [4.78, 5) is 28.5. The predicted molar refractivity (Wildman–Crippen MR) is 87.9 cm³/mol. The quantitative estimate of drug-likeness (QED) is 0.684. The summed E-state index contributed by atoms with van der Waals surface area (Å²) in [6.45, 7) is 0.281. The Morgan fingerprint density at radius 2 is 2.17 bits per heavy atom. The van der Waals surface area contributed by atoms with Crippen LogP contribution in [0.25, 0.3) is 10.9 Å². The highest BCUT2D eigenvalue weighted by Crippen LogP contribution is 2.22. The van der Waals surface area contributed by atoms with E-state index >= 15 is 0 Å². The number of benzene rings is 1. The number of fused-ring (bicyclic) bond motifs is 1. The minimum absolute atomic E-state index is 0.0516. The number of halogens is 2. The highest BCUT2D eigenvalue weighted by Gasteiger charge is 2.18. The van der Waals surface area contributed by atoms with Gasteiger partial charge >= 0.3 is 5.97 Å². The number of rotatable bonds is 3. The predicted octanol–water partition coefficient (Wildman–Crippen LogP) is 3.02. The van der Waals surface area contributed by atoms with Gasteiger partial charge in [-0.2, -0.15) is 0 Å². The fourth-order valence-electron chi connectivity index (χ4n) is 2.44. The lowest BCUT2D eigenvalue weighted by Crippen LogP contribution is -2.20. The first kappa shape index (κ1) is 16.1. The van der Waals surface area contributed by atoms with E-state index in [0.717, 1.165) is 6.07 Å². The zero-order valence-corrected chi connectivity index (χ0v) is 13.4. The van der Waals surface area contributed by atoms with Crippen molar-refractivity contribution in [3.05, 3.63) is 75.0 Å². The molecular formula is C17H12ClFN2O3. The lowest BCUT2D eigenvalue weighted by Gasteiger charge is -2.13. The van der Waals surface area contributed by atoms with Crippen molar-refractivity contribution in [2.45, 2.75) is 6.54 Å². The third-order valence-corrected chi connectivity index (χ3v) is 3.88. The smallest absolute Gasteiger partial charge is 0.343 e. The van der Waals surface area contributed by atoms with Gasteiger partial charge < -0.3 is 9.30 Å². The van der Waals surface area contributed by atoms with E-state index in [0.29, 0.717) is 11.2 Å². The normalized spacial score (nSPS) is 10.8. The second kappa shape index (κ2) is 6.41. The molecule has 2 heterocycles. The molecule has 0 atom stereocenters. The minimum Gasteiger partial charge on any atom is -0.465 e. The van der Waals surface area contributed by atoms with Gasteiger partial charge in [-0.3, -0.25) is 9.78 Å². The topological polar surface area (TPSA) is 61.2 Å². The highest BCUT2D eigenvalue weighted by molar-refractivity contribution is 6.31. The lowest BCUT2D eigenvalue weighted by atomic mass is 10.1. The number of hydrogen-bond donors (Lipinski definition) is 0. The SMILES string of the molecule is COC(=O)c1cn(Cc2ccccn2)c2cc(Cl)c(F)cc2c1=O. The molecular weight excluding hydrogens is 335 g/mol. The van der Waals surface area contributed by atoms with Crippen LogP contribution in [-0.4, -0.2) is 22.6 Å². The van der Waals surface area contributed by atoms with E-state index in [2.05, 4.69) is 9.72 Å². The number of carbonyl (C=O) groups excluding carboxylic acids is 1. The number of pyridine rings is 2. The van der Waals surface area contributed by atoms with Gasteiger partial charge in [-0.15, -0.1) is 0 Å². The van der Waals surface area contributed by atoms with Crippen LogP contribution in [0.2, 0.25) is 5.02 Å². The van der Waals surface area contributed by atoms with Crippen LogP contribution in [-0.2, 0) is 11.3 Å². The van der Waals surface area contributed by atoms with Crippen molar-refractivity contribution in [2.75, 3.05) is 7.11 Å². The van der Waals surface area contributed by atoms with E-state index in [1.165, 1.54) is 19.4 Å². The molecule has 0 spiro atoms. The van der Waals surface area contributed by atoms with Crippen LogP contribution in [0.5, 0.6) is 0 Å². The molecule has 2 aromatic heterocycles. The van der Waals surface area contributed by atoms with Crippen LogP contribution in [0, 0.1) is 5.82 Å².